The van der Waals surface area contributed by atoms with Crippen LogP contribution in [0.15, 0.2) is 23.6 Å². The third-order valence-corrected chi connectivity index (χ3v) is 4.12. The molecule has 0 aliphatic carbocycles. The van der Waals surface area contributed by atoms with Gasteiger partial charge in [-0.25, -0.2) is 0 Å². The summed E-state index contributed by atoms with van der Waals surface area (Å²) in [5.74, 6) is 1.04. The molecule has 4 nitrogen and oxygen atoms in total. The van der Waals surface area contributed by atoms with E-state index in [2.05, 4.69) is 38.7 Å². The fourth-order valence-electron chi connectivity index (χ4n) is 2.16. The summed E-state index contributed by atoms with van der Waals surface area (Å²) in [5, 5.41) is 9.57. The normalized spacial score (nSPS) is 17.6. The van der Waals surface area contributed by atoms with Gasteiger partial charge in [0.15, 0.2) is 5.82 Å². The monoisotopic (exact) mass is 248 g/mol. The van der Waals surface area contributed by atoms with E-state index in [4.69, 9.17) is 5.73 Å². The molecule has 90 valence electrons. The molecule has 0 bridgehead atoms. The fraction of sp³-hybridized carbons (Fsp3) is 0.417. The van der Waals surface area contributed by atoms with Gasteiger partial charge in [-0.3, -0.25) is 5.10 Å². The van der Waals surface area contributed by atoms with Crippen LogP contribution in [0.2, 0.25) is 0 Å². The number of nitrogens with two attached hydrogens (primary N) is 1. The molecule has 2 aromatic heterocycles. The second-order valence-corrected chi connectivity index (χ2v) is 5.39. The molecule has 3 N–H and O–H groups in total. The number of hydrogen-bond donors (Lipinski definition) is 2. The molecule has 1 fully saturated rings. The Labute approximate surface area is 104 Å². The predicted octanol–water partition coefficient (Wildman–Crippen LogP) is 2.07. The summed E-state index contributed by atoms with van der Waals surface area (Å²) in [6, 6.07) is 6.65. The van der Waals surface area contributed by atoms with Gasteiger partial charge in [0.25, 0.3) is 0 Å². The molecule has 17 heavy (non-hydrogen) atoms. The Morgan fingerprint density at radius 2 is 2.24 bits per heavy atom. The standard InChI is InChI=1S/C12H16N4S/c13-9-3-5-16(6-4-9)12-8-10(14-15-12)11-2-1-7-17-11/h1-2,7-9H,3-6,13H2,(H,14,15). The van der Waals surface area contributed by atoms with E-state index >= 15 is 0 Å². The fourth-order valence-corrected chi connectivity index (χ4v) is 2.85. The van der Waals surface area contributed by atoms with Gasteiger partial charge in [-0.2, -0.15) is 5.10 Å². The molecule has 3 heterocycles. The topological polar surface area (TPSA) is 57.9 Å². The molecule has 2 aromatic rings. The number of H-pyrrole nitrogens is 1. The molecule has 0 saturated carbocycles. The van der Waals surface area contributed by atoms with Crippen LogP contribution in [0, 0.1) is 0 Å². The van der Waals surface area contributed by atoms with E-state index in [1.807, 2.05) is 0 Å². The largest absolute Gasteiger partial charge is 0.355 e. The molecule has 1 aliphatic rings. The van der Waals surface area contributed by atoms with Crippen molar-refractivity contribution in [3.8, 4) is 10.6 Å². The average Bonchev–Trinajstić information content (AvgIpc) is 3.00. The molecule has 3 rings (SSSR count). The third kappa shape index (κ3) is 2.21. The molecule has 0 amide bonds. The van der Waals surface area contributed by atoms with Gasteiger partial charge < -0.3 is 10.6 Å². The lowest BCUT2D eigenvalue weighted by Crippen LogP contribution is -2.39. The average molecular weight is 248 g/mol. The van der Waals surface area contributed by atoms with Crippen LogP contribution in [-0.2, 0) is 0 Å². The molecular formula is C12H16N4S. The van der Waals surface area contributed by atoms with E-state index < -0.39 is 0 Å². The lowest BCUT2D eigenvalue weighted by Gasteiger charge is -2.29. The highest BCUT2D eigenvalue weighted by Crippen LogP contribution is 2.26. The van der Waals surface area contributed by atoms with Crippen LogP contribution in [0.25, 0.3) is 10.6 Å². The van der Waals surface area contributed by atoms with Crippen molar-refractivity contribution in [2.24, 2.45) is 5.73 Å². The van der Waals surface area contributed by atoms with Crippen LogP contribution >= 0.6 is 11.3 Å². The zero-order chi connectivity index (χ0) is 11.7. The van der Waals surface area contributed by atoms with Crippen molar-refractivity contribution in [3.05, 3.63) is 23.6 Å². The molecule has 5 heteroatoms. The van der Waals surface area contributed by atoms with Crippen LogP contribution in [0.1, 0.15) is 12.8 Å². The van der Waals surface area contributed by atoms with Crippen LogP contribution in [0.4, 0.5) is 5.82 Å². The summed E-state index contributed by atoms with van der Waals surface area (Å²) in [6.45, 7) is 2.02. The first kappa shape index (κ1) is 10.8. The number of aromatic nitrogens is 2. The second kappa shape index (κ2) is 4.50. The van der Waals surface area contributed by atoms with Gasteiger partial charge in [-0.05, 0) is 24.3 Å². The number of hydrogen-bond acceptors (Lipinski definition) is 4. The number of nitrogens with zero attached hydrogens (tertiary/aromatic N) is 2. The van der Waals surface area contributed by atoms with Crippen molar-refractivity contribution >= 4 is 17.2 Å². The molecule has 1 saturated heterocycles. The molecule has 0 atom stereocenters. The Balaban J connectivity index is 1.76. The second-order valence-electron chi connectivity index (χ2n) is 4.44. The van der Waals surface area contributed by atoms with Gasteiger partial charge in [-0.15, -0.1) is 11.3 Å². The van der Waals surface area contributed by atoms with E-state index in [9.17, 15) is 0 Å². The van der Waals surface area contributed by atoms with Crippen LogP contribution < -0.4 is 10.6 Å². The molecular weight excluding hydrogens is 232 g/mol. The molecule has 0 spiro atoms. The summed E-state index contributed by atoms with van der Waals surface area (Å²) in [6.07, 6.45) is 2.11. The maximum absolute atomic E-state index is 5.90. The highest BCUT2D eigenvalue weighted by Gasteiger charge is 2.18. The van der Waals surface area contributed by atoms with E-state index in [1.165, 1.54) is 4.88 Å². The number of nitrogens with one attached hydrogen (secondary N) is 1. The van der Waals surface area contributed by atoms with Crippen molar-refractivity contribution in [1.29, 1.82) is 0 Å². The summed E-state index contributed by atoms with van der Waals surface area (Å²) in [5.41, 5.74) is 7.01. The number of rotatable bonds is 2. The maximum atomic E-state index is 5.90. The Bertz CT molecular complexity index is 468. The van der Waals surface area contributed by atoms with Gasteiger partial charge in [-0.1, -0.05) is 6.07 Å². The molecule has 1 aliphatic heterocycles. The minimum absolute atomic E-state index is 0.363. The summed E-state index contributed by atoms with van der Waals surface area (Å²) >= 11 is 1.73. The highest BCUT2D eigenvalue weighted by molar-refractivity contribution is 7.13. The Kier molecular flexibility index (Phi) is 2.86. The van der Waals surface area contributed by atoms with E-state index in [0.29, 0.717) is 6.04 Å². The van der Waals surface area contributed by atoms with Crippen molar-refractivity contribution in [2.45, 2.75) is 18.9 Å². The van der Waals surface area contributed by atoms with Gasteiger partial charge in [0, 0.05) is 25.2 Å². The van der Waals surface area contributed by atoms with Gasteiger partial charge in [0.05, 0.1) is 10.6 Å². The van der Waals surface area contributed by atoms with Crippen molar-refractivity contribution in [2.75, 3.05) is 18.0 Å². The lowest BCUT2D eigenvalue weighted by molar-refractivity contribution is 0.498. The van der Waals surface area contributed by atoms with Crippen molar-refractivity contribution < 1.29 is 0 Å². The quantitative estimate of drug-likeness (QED) is 0.855. The number of aromatic amines is 1. The minimum Gasteiger partial charge on any atom is -0.355 e. The van der Waals surface area contributed by atoms with Gasteiger partial charge >= 0.3 is 0 Å². The predicted molar refractivity (Wildman–Crippen MR) is 71.3 cm³/mol. The van der Waals surface area contributed by atoms with Crippen molar-refractivity contribution in [1.82, 2.24) is 10.2 Å². The Morgan fingerprint density at radius 1 is 1.41 bits per heavy atom. The van der Waals surface area contributed by atoms with E-state index in [1.54, 1.807) is 11.3 Å². The maximum Gasteiger partial charge on any atom is 0.151 e. The van der Waals surface area contributed by atoms with Gasteiger partial charge in [0.1, 0.15) is 0 Å². The van der Waals surface area contributed by atoms with E-state index in [0.717, 1.165) is 37.4 Å². The van der Waals surface area contributed by atoms with Crippen LogP contribution in [-0.4, -0.2) is 29.3 Å². The minimum atomic E-state index is 0.363. The van der Waals surface area contributed by atoms with Gasteiger partial charge in [0.2, 0.25) is 0 Å². The Morgan fingerprint density at radius 3 is 2.94 bits per heavy atom. The first-order valence-corrected chi connectivity index (χ1v) is 6.81. The first-order valence-electron chi connectivity index (χ1n) is 5.93. The zero-order valence-electron chi connectivity index (χ0n) is 9.60. The zero-order valence-corrected chi connectivity index (χ0v) is 10.4. The summed E-state index contributed by atoms with van der Waals surface area (Å²) in [4.78, 5) is 3.54. The number of thiophene rings is 1. The SMILES string of the molecule is NC1CCN(c2cc(-c3cccs3)[nH]n2)CC1. The third-order valence-electron chi connectivity index (χ3n) is 3.21. The Hall–Kier alpha value is -1.33. The summed E-state index contributed by atoms with van der Waals surface area (Å²) < 4.78 is 0. The summed E-state index contributed by atoms with van der Waals surface area (Å²) in [7, 11) is 0. The van der Waals surface area contributed by atoms with Crippen molar-refractivity contribution in [3.63, 3.8) is 0 Å². The number of piperidine rings is 1. The lowest BCUT2D eigenvalue weighted by atomic mass is 10.1. The van der Waals surface area contributed by atoms with Crippen LogP contribution in [0.5, 0.6) is 0 Å². The highest BCUT2D eigenvalue weighted by atomic mass is 32.1. The molecule has 0 aromatic carbocycles. The van der Waals surface area contributed by atoms with Crippen LogP contribution in [0.3, 0.4) is 0 Å². The smallest absolute Gasteiger partial charge is 0.151 e. The number of anilines is 1. The molecule has 0 radical (unpaired) electrons. The van der Waals surface area contributed by atoms with E-state index in [-0.39, 0.29) is 0 Å². The molecule has 0 unspecified atom stereocenters. The first-order chi connectivity index (χ1) is 8.33.